The molecule has 1 N–H and O–H groups in total. The van der Waals surface area contributed by atoms with Crippen molar-refractivity contribution in [3.05, 3.63) is 22.4 Å². The van der Waals surface area contributed by atoms with Gasteiger partial charge in [-0.1, -0.05) is 12.8 Å². The van der Waals surface area contributed by atoms with Gasteiger partial charge in [0.15, 0.2) is 0 Å². The first-order valence-electron chi connectivity index (χ1n) is 5.62. The summed E-state index contributed by atoms with van der Waals surface area (Å²) in [7, 11) is 0. The van der Waals surface area contributed by atoms with Crippen LogP contribution >= 0.6 is 22.9 Å². The lowest BCUT2D eigenvalue weighted by Gasteiger charge is -2.26. The number of thiophene rings is 1. The minimum Gasteiger partial charge on any atom is -0.351 e. The van der Waals surface area contributed by atoms with E-state index in [1.807, 2.05) is 16.8 Å². The lowest BCUT2D eigenvalue weighted by molar-refractivity contribution is 0.0935. The number of amides is 1. The van der Waals surface area contributed by atoms with Crippen molar-refractivity contribution in [2.24, 2.45) is 5.41 Å². The maximum Gasteiger partial charge on any atom is 0.252 e. The topological polar surface area (TPSA) is 29.1 Å². The Hall–Kier alpha value is -0.540. The van der Waals surface area contributed by atoms with Gasteiger partial charge in [0.2, 0.25) is 0 Å². The molecule has 1 amide bonds. The molecule has 0 saturated heterocycles. The van der Waals surface area contributed by atoms with E-state index in [1.54, 1.807) is 11.3 Å². The lowest BCUT2D eigenvalue weighted by Crippen LogP contribution is -2.37. The van der Waals surface area contributed by atoms with Gasteiger partial charge in [0.25, 0.3) is 5.91 Å². The van der Waals surface area contributed by atoms with E-state index in [1.165, 1.54) is 12.8 Å². The molecule has 0 aromatic carbocycles. The first-order chi connectivity index (χ1) is 7.76. The second-order valence-corrected chi connectivity index (χ2v) is 5.58. The first kappa shape index (κ1) is 11.9. The summed E-state index contributed by atoms with van der Waals surface area (Å²) in [5.41, 5.74) is 0.903. The molecule has 0 unspecified atom stereocenters. The fourth-order valence-electron chi connectivity index (χ4n) is 2.25. The fraction of sp³-hybridized carbons (Fsp3) is 0.583. The SMILES string of the molecule is O=C(NCC1(CCl)CCCC1)c1ccsc1. The Morgan fingerprint density at radius 3 is 2.81 bits per heavy atom. The monoisotopic (exact) mass is 257 g/mol. The van der Waals surface area contributed by atoms with Crippen molar-refractivity contribution in [1.29, 1.82) is 0 Å². The summed E-state index contributed by atoms with van der Waals surface area (Å²) in [4.78, 5) is 11.8. The minimum absolute atomic E-state index is 0.0256. The molecule has 0 bridgehead atoms. The first-order valence-corrected chi connectivity index (χ1v) is 7.10. The number of carbonyl (C=O) groups excluding carboxylic acids is 1. The van der Waals surface area contributed by atoms with Gasteiger partial charge in [-0.3, -0.25) is 4.79 Å². The molecular weight excluding hydrogens is 242 g/mol. The predicted molar refractivity (Wildman–Crippen MR) is 68.3 cm³/mol. The van der Waals surface area contributed by atoms with Crippen LogP contribution in [0.15, 0.2) is 16.8 Å². The van der Waals surface area contributed by atoms with Crippen LogP contribution in [0.4, 0.5) is 0 Å². The zero-order chi connectivity index (χ0) is 11.4. The number of alkyl halides is 1. The van der Waals surface area contributed by atoms with Crippen molar-refractivity contribution < 1.29 is 4.79 Å². The lowest BCUT2D eigenvalue weighted by atomic mass is 9.88. The third-order valence-electron chi connectivity index (χ3n) is 3.35. The molecule has 1 aliphatic carbocycles. The standard InChI is InChI=1S/C12H16ClNOS/c13-8-12(4-1-2-5-12)9-14-11(15)10-3-6-16-7-10/h3,6-7H,1-2,4-5,8-9H2,(H,14,15). The van der Waals surface area contributed by atoms with E-state index in [-0.39, 0.29) is 11.3 Å². The predicted octanol–water partition coefficient (Wildman–Crippen LogP) is 3.28. The highest BCUT2D eigenvalue weighted by Gasteiger charge is 2.33. The highest BCUT2D eigenvalue weighted by molar-refractivity contribution is 7.08. The minimum atomic E-state index is 0.0256. The molecule has 16 heavy (non-hydrogen) atoms. The number of hydrogen-bond donors (Lipinski definition) is 1. The van der Waals surface area contributed by atoms with E-state index in [9.17, 15) is 4.79 Å². The van der Waals surface area contributed by atoms with Gasteiger partial charge in [-0.2, -0.15) is 11.3 Å². The van der Waals surface area contributed by atoms with Gasteiger partial charge >= 0.3 is 0 Å². The Morgan fingerprint density at radius 1 is 1.50 bits per heavy atom. The van der Waals surface area contributed by atoms with Gasteiger partial charge in [0, 0.05) is 28.8 Å². The summed E-state index contributed by atoms with van der Waals surface area (Å²) >= 11 is 7.57. The zero-order valence-electron chi connectivity index (χ0n) is 9.17. The molecule has 1 aliphatic rings. The van der Waals surface area contributed by atoms with Crippen molar-refractivity contribution in [2.45, 2.75) is 25.7 Å². The van der Waals surface area contributed by atoms with Crippen LogP contribution in [0.25, 0.3) is 0 Å². The number of halogens is 1. The molecule has 0 atom stereocenters. The van der Waals surface area contributed by atoms with Crippen LogP contribution in [0, 0.1) is 5.41 Å². The average Bonchev–Trinajstić information content (AvgIpc) is 2.98. The summed E-state index contributed by atoms with van der Waals surface area (Å²) in [6.07, 6.45) is 4.75. The van der Waals surface area contributed by atoms with Crippen molar-refractivity contribution in [3.63, 3.8) is 0 Å². The fourth-order valence-corrected chi connectivity index (χ4v) is 3.24. The third-order valence-corrected chi connectivity index (χ3v) is 4.61. The third kappa shape index (κ3) is 2.58. The van der Waals surface area contributed by atoms with E-state index in [0.717, 1.165) is 18.4 Å². The number of hydrogen-bond acceptors (Lipinski definition) is 2. The molecule has 0 radical (unpaired) electrons. The van der Waals surface area contributed by atoms with E-state index in [0.29, 0.717) is 12.4 Å². The van der Waals surface area contributed by atoms with Crippen molar-refractivity contribution in [1.82, 2.24) is 5.32 Å². The molecule has 4 heteroatoms. The molecule has 1 aromatic rings. The van der Waals surface area contributed by atoms with Crippen molar-refractivity contribution in [3.8, 4) is 0 Å². The molecule has 88 valence electrons. The highest BCUT2D eigenvalue weighted by atomic mass is 35.5. The Kier molecular flexibility index (Phi) is 3.87. The summed E-state index contributed by atoms with van der Waals surface area (Å²) in [5, 5.41) is 6.79. The normalized spacial score (nSPS) is 18.6. The van der Waals surface area contributed by atoms with Gasteiger partial charge in [0.1, 0.15) is 0 Å². The van der Waals surface area contributed by atoms with Gasteiger partial charge < -0.3 is 5.32 Å². The van der Waals surface area contributed by atoms with Crippen molar-refractivity contribution in [2.75, 3.05) is 12.4 Å². The Morgan fingerprint density at radius 2 is 2.25 bits per heavy atom. The highest BCUT2D eigenvalue weighted by Crippen LogP contribution is 2.38. The van der Waals surface area contributed by atoms with Gasteiger partial charge in [-0.25, -0.2) is 0 Å². The zero-order valence-corrected chi connectivity index (χ0v) is 10.7. The maximum absolute atomic E-state index is 11.8. The van der Waals surface area contributed by atoms with Crippen LogP contribution in [-0.4, -0.2) is 18.3 Å². The molecule has 2 nitrogen and oxygen atoms in total. The maximum atomic E-state index is 11.8. The van der Waals surface area contributed by atoms with Gasteiger partial charge in [0.05, 0.1) is 0 Å². The second kappa shape index (κ2) is 5.19. The van der Waals surface area contributed by atoms with Crippen LogP contribution in [0.1, 0.15) is 36.0 Å². The van der Waals surface area contributed by atoms with Crippen LogP contribution in [-0.2, 0) is 0 Å². The molecule has 2 rings (SSSR count). The van der Waals surface area contributed by atoms with Crippen LogP contribution in [0.5, 0.6) is 0 Å². The van der Waals surface area contributed by atoms with E-state index < -0.39 is 0 Å². The number of nitrogens with one attached hydrogen (secondary N) is 1. The molecule has 1 saturated carbocycles. The molecule has 1 aromatic heterocycles. The summed E-state index contributed by atoms with van der Waals surface area (Å²) in [6, 6.07) is 1.85. The summed E-state index contributed by atoms with van der Waals surface area (Å²) in [6.45, 7) is 0.713. The molecular formula is C12H16ClNOS. The molecule has 1 heterocycles. The average molecular weight is 258 g/mol. The largest absolute Gasteiger partial charge is 0.351 e. The van der Waals surface area contributed by atoms with E-state index >= 15 is 0 Å². The quantitative estimate of drug-likeness (QED) is 0.824. The number of carbonyl (C=O) groups is 1. The molecule has 1 fully saturated rings. The van der Waals surface area contributed by atoms with Gasteiger partial charge in [-0.15, -0.1) is 11.6 Å². The Bertz CT molecular complexity index is 344. The summed E-state index contributed by atoms with van der Waals surface area (Å²) in [5.74, 6) is 0.675. The van der Waals surface area contributed by atoms with Crippen LogP contribution in [0.2, 0.25) is 0 Å². The van der Waals surface area contributed by atoms with Crippen LogP contribution in [0.3, 0.4) is 0 Å². The molecule has 0 spiro atoms. The van der Waals surface area contributed by atoms with E-state index in [4.69, 9.17) is 11.6 Å². The van der Waals surface area contributed by atoms with Crippen LogP contribution < -0.4 is 5.32 Å². The second-order valence-electron chi connectivity index (χ2n) is 4.54. The molecule has 0 aliphatic heterocycles. The van der Waals surface area contributed by atoms with Gasteiger partial charge in [-0.05, 0) is 24.3 Å². The number of rotatable bonds is 4. The smallest absolute Gasteiger partial charge is 0.252 e. The van der Waals surface area contributed by atoms with Crippen molar-refractivity contribution >= 4 is 28.8 Å². The van der Waals surface area contributed by atoms with E-state index in [2.05, 4.69) is 5.32 Å². The Balaban J connectivity index is 1.89. The Labute approximate surface area is 105 Å². The summed E-state index contributed by atoms with van der Waals surface area (Å²) < 4.78 is 0.